The SMILES string of the molecule is CC(=O)c1ccc(N2CCN(C(=O)c3c[nH]c4nc(C)ccc4c3=O)CC2)c(F)c1. The van der Waals surface area contributed by atoms with Crippen molar-refractivity contribution in [3.63, 3.8) is 0 Å². The van der Waals surface area contributed by atoms with Gasteiger partial charge in [0.25, 0.3) is 5.91 Å². The molecule has 7 nitrogen and oxygen atoms in total. The number of aromatic amines is 1. The zero-order valence-electron chi connectivity index (χ0n) is 16.7. The molecule has 0 atom stereocenters. The highest BCUT2D eigenvalue weighted by Gasteiger charge is 2.26. The number of ketones is 1. The number of hydrogen-bond donors (Lipinski definition) is 1. The smallest absolute Gasteiger partial charge is 0.259 e. The van der Waals surface area contributed by atoms with E-state index in [-0.39, 0.29) is 22.7 Å². The number of carbonyl (C=O) groups is 2. The van der Waals surface area contributed by atoms with Gasteiger partial charge in [-0.05, 0) is 44.2 Å². The number of nitrogens with one attached hydrogen (secondary N) is 1. The lowest BCUT2D eigenvalue weighted by Crippen LogP contribution is -2.49. The molecule has 0 unspecified atom stereocenters. The summed E-state index contributed by atoms with van der Waals surface area (Å²) in [7, 11) is 0. The van der Waals surface area contributed by atoms with Gasteiger partial charge in [-0.25, -0.2) is 9.37 Å². The summed E-state index contributed by atoms with van der Waals surface area (Å²) in [6, 6.07) is 7.82. The topological polar surface area (TPSA) is 86.4 Å². The number of aryl methyl sites for hydroxylation is 1. The number of rotatable bonds is 3. The van der Waals surface area contributed by atoms with Crippen LogP contribution >= 0.6 is 0 Å². The third kappa shape index (κ3) is 3.56. The maximum absolute atomic E-state index is 14.4. The number of halogens is 1. The van der Waals surface area contributed by atoms with Gasteiger partial charge >= 0.3 is 0 Å². The Labute approximate surface area is 172 Å². The van der Waals surface area contributed by atoms with Crippen LogP contribution in [0.4, 0.5) is 10.1 Å². The zero-order valence-corrected chi connectivity index (χ0v) is 16.7. The summed E-state index contributed by atoms with van der Waals surface area (Å²) in [5.74, 6) is -1.01. The number of amides is 1. The average Bonchev–Trinajstić information content (AvgIpc) is 2.73. The number of H-pyrrole nitrogens is 1. The molecule has 1 amide bonds. The molecule has 2 aromatic heterocycles. The number of hydrogen-bond acceptors (Lipinski definition) is 5. The van der Waals surface area contributed by atoms with Crippen LogP contribution in [0.1, 0.15) is 33.3 Å². The Bertz CT molecular complexity index is 1210. The number of aromatic nitrogens is 2. The van der Waals surface area contributed by atoms with Crippen molar-refractivity contribution in [3.8, 4) is 0 Å². The second-order valence-corrected chi connectivity index (χ2v) is 7.38. The van der Waals surface area contributed by atoms with Crippen LogP contribution in [0.5, 0.6) is 0 Å². The van der Waals surface area contributed by atoms with Crippen LogP contribution < -0.4 is 10.3 Å². The summed E-state index contributed by atoms with van der Waals surface area (Å²) >= 11 is 0. The Balaban J connectivity index is 1.51. The predicted molar refractivity (Wildman–Crippen MR) is 112 cm³/mol. The predicted octanol–water partition coefficient (Wildman–Crippen LogP) is 2.54. The molecule has 3 heterocycles. The van der Waals surface area contributed by atoms with Gasteiger partial charge in [-0.3, -0.25) is 14.4 Å². The summed E-state index contributed by atoms with van der Waals surface area (Å²) in [5.41, 5.74) is 1.67. The molecule has 30 heavy (non-hydrogen) atoms. The molecule has 1 aliphatic rings. The fourth-order valence-corrected chi connectivity index (χ4v) is 3.66. The number of anilines is 1. The summed E-state index contributed by atoms with van der Waals surface area (Å²) in [6.07, 6.45) is 1.41. The monoisotopic (exact) mass is 408 g/mol. The summed E-state index contributed by atoms with van der Waals surface area (Å²) in [5, 5.41) is 0.373. The molecule has 0 radical (unpaired) electrons. The van der Waals surface area contributed by atoms with Gasteiger partial charge in [0.1, 0.15) is 17.0 Å². The van der Waals surface area contributed by atoms with Crippen molar-refractivity contribution in [2.45, 2.75) is 13.8 Å². The van der Waals surface area contributed by atoms with Crippen LogP contribution in [0.15, 0.2) is 41.3 Å². The van der Waals surface area contributed by atoms with Crippen LogP contribution in [0, 0.1) is 12.7 Å². The molecule has 0 bridgehead atoms. The van der Waals surface area contributed by atoms with Crippen LogP contribution in [0.2, 0.25) is 0 Å². The molecule has 4 rings (SSSR count). The maximum atomic E-state index is 14.4. The highest BCUT2D eigenvalue weighted by molar-refractivity contribution is 5.97. The molecule has 8 heteroatoms. The Morgan fingerprint density at radius 1 is 1.10 bits per heavy atom. The van der Waals surface area contributed by atoms with Crippen molar-refractivity contribution >= 4 is 28.4 Å². The standard InChI is InChI=1S/C22H21FN4O3/c1-13-3-5-16-20(29)17(12-24-21(16)25-13)22(30)27-9-7-26(8-10-27)19-6-4-15(14(2)28)11-18(19)23/h3-6,11-12H,7-10H2,1-2H3,(H,24,25,29). The van der Waals surface area contributed by atoms with E-state index < -0.39 is 5.82 Å². The van der Waals surface area contributed by atoms with Gasteiger partial charge in [0, 0.05) is 43.6 Å². The number of Topliss-reactive ketones (excluding diaryl/α,β-unsaturated/α-hetero) is 1. The van der Waals surface area contributed by atoms with Crippen molar-refractivity contribution in [2.24, 2.45) is 0 Å². The van der Waals surface area contributed by atoms with Crippen LogP contribution in [-0.4, -0.2) is 52.7 Å². The molecular formula is C22H21FN4O3. The molecular weight excluding hydrogens is 387 g/mol. The minimum Gasteiger partial charge on any atom is -0.366 e. The van der Waals surface area contributed by atoms with Crippen molar-refractivity contribution < 1.29 is 14.0 Å². The number of piperazine rings is 1. The van der Waals surface area contributed by atoms with Gasteiger partial charge < -0.3 is 14.8 Å². The third-order valence-electron chi connectivity index (χ3n) is 5.37. The first-order chi connectivity index (χ1) is 14.3. The summed E-state index contributed by atoms with van der Waals surface area (Å²) in [6.45, 7) is 4.78. The van der Waals surface area contributed by atoms with E-state index in [0.717, 1.165) is 5.69 Å². The lowest BCUT2D eigenvalue weighted by atomic mass is 10.1. The highest BCUT2D eigenvalue weighted by atomic mass is 19.1. The van der Waals surface area contributed by atoms with Crippen LogP contribution in [-0.2, 0) is 0 Å². The third-order valence-corrected chi connectivity index (χ3v) is 5.37. The molecule has 3 aromatic rings. The number of benzene rings is 1. The van der Waals surface area contributed by atoms with Crippen LogP contribution in [0.3, 0.4) is 0 Å². The molecule has 154 valence electrons. The quantitative estimate of drug-likeness (QED) is 0.673. The van der Waals surface area contributed by atoms with E-state index in [1.807, 2.05) is 11.8 Å². The highest BCUT2D eigenvalue weighted by Crippen LogP contribution is 2.22. The van der Waals surface area contributed by atoms with Crippen molar-refractivity contribution in [1.29, 1.82) is 0 Å². The molecule has 0 saturated carbocycles. The number of fused-ring (bicyclic) bond motifs is 1. The minimum absolute atomic E-state index is 0.0681. The molecule has 1 aliphatic heterocycles. The van der Waals surface area contributed by atoms with Gasteiger partial charge in [-0.2, -0.15) is 0 Å². The first-order valence-electron chi connectivity index (χ1n) is 9.69. The van der Waals surface area contributed by atoms with Crippen molar-refractivity contribution in [3.05, 3.63) is 69.4 Å². The lowest BCUT2D eigenvalue weighted by molar-refractivity contribution is 0.0745. The fourth-order valence-electron chi connectivity index (χ4n) is 3.66. The first-order valence-corrected chi connectivity index (χ1v) is 9.69. The van der Waals surface area contributed by atoms with Crippen molar-refractivity contribution in [2.75, 3.05) is 31.1 Å². The second kappa shape index (κ2) is 7.70. The maximum Gasteiger partial charge on any atom is 0.259 e. The Hall–Kier alpha value is -3.55. The fraction of sp³-hybridized carbons (Fsp3) is 0.273. The molecule has 1 fully saturated rings. The Morgan fingerprint density at radius 3 is 2.50 bits per heavy atom. The van der Waals surface area contributed by atoms with E-state index >= 15 is 0 Å². The van der Waals surface area contributed by atoms with E-state index in [9.17, 15) is 18.8 Å². The normalized spacial score (nSPS) is 14.2. The summed E-state index contributed by atoms with van der Waals surface area (Å²) < 4.78 is 14.4. The lowest BCUT2D eigenvalue weighted by Gasteiger charge is -2.36. The molecule has 0 aliphatic carbocycles. The Morgan fingerprint density at radius 2 is 1.83 bits per heavy atom. The van der Waals surface area contributed by atoms with E-state index in [2.05, 4.69) is 9.97 Å². The molecule has 0 spiro atoms. The molecule has 1 N–H and O–H groups in total. The number of carbonyl (C=O) groups excluding carboxylic acids is 2. The van der Waals surface area contributed by atoms with E-state index in [1.54, 1.807) is 29.2 Å². The van der Waals surface area contributed by atoms with E-state index in [1.165, 1.54) is 19.2 Å². The van der Waals surface area contributed by atoms with E-state index in [4.69, 9.17) is 0 Å². The molecule has 1 saturated heterocycles. The van der Waals surface area contributed by atoms with Crippen molar-refractivity contribution in [1.82, 2.24) is 14.9 Å². The van der Waals surface area contributed by atoms with Gasteiger partial charge in [-0.1, -0.05) is 0 Å². The van der Waals surface area contributed by atoms with Gasteiger partial charge in [0.15, 0.2) is 5.78 Å². The number of nitrogens with zero attached hydrogens (tertiary/aromatic N) is 3. The van der Waals surface area contributed by atoms with Gasteiger partial charge in [0.2, 0.25) is 5.43 Å². The Kier molecular flexibility index (Phi) is 5.07. The minimum atomic E-state index is -0.462. The zero-order chi connectivity index (χ0) is 21.4. The largest absolute Gasteiger partial charge is 0.366 e. The van der Waals surface area contributed by atoms with Gasteiger partial charge in [0.05, 0.1) is 11.1 Å². The number of pyridine rings is 2. The summed E-state index contributed by atoms with van der Waals surface area (Å²) in [4.78, 5) is 47.7. The second-order valence-electron chi connectivity index (χ2n) is 7.38. The van der Waals surface area contributed by atoms with E-state index in [0.29, 0.717) is 48.5 Å². The average molecular weight is 408 g/mol. The van der Waals surface area contributed by atoms with Gasteiger partial charge in [-0.15, -0.1) is 0 Å². The van der Waals surface area contributed by atoms with Crippen LogP contribution in [0.25, 0.3) is 11.0 Å². The first kappa shape index (κ1) is 19.8. The molecule has 1 aromatic carbocycles.